The van der Waals surface area contributed by atoms with Crippen molar-refractivity contribution >= 4 is 5.82 Å². The van der Waals surface area contributed by atoms with Crippen molar-refractivity contribution in [2.45, 2.75) is 19.0 Å². The summed E-state index contributed by atoms with van der Waals surface area (Å²) in [4.78, 5) is 9.33. The molecule has 5 nitrogen and oxygen atoms in total. The molecule has 1 unspecified atom stereocenters. The maximum Gasteiger partial charge on any atom is 0.133 e. The summed E-state index contributed by atoms with van der Waals surface area (Å²) in [5, 5.41) is 0. The van der Waals surface area contributed by atoms with E-state index in [0.29, 0.717) is 6.04 Å². The zero-order valence-corrected chi connectivity index (χ0v) is 11.3. The highest BCUT2D eigenvalue weighted by molar-refractivity contribution is 5.47. The Kier molecular flexibility index (Phi) is 3.96. The minimum atomic E-state index is 0.337. The molecule has 0 bridgehead atoms. The number of anilines is 1. The molecule has 2 aliphatic heterocycles. The smallest absolute Gasteiger partial charge is 0.133 e. The molecule has 0 radical (unpaired) electrons. The predicted octanol–water partition coefficient (Wildman–Crippen LogP) is 0.451. The Hall–Kier alpha value is -1.17. The van der Waals surface area contributed by atoms with E-state index in [-0.39, 0.29) is 0 Å². The van der Waals surface area contributed by atoms with Gasteiger partial charge in [0.05, 0.1) is 13.2 Å². The first-order valence-electron chi connectivity index (χ1n) is 7.07. The number of nitrogens with two attached hydrogens (primary N) is 1. The summed E-state index contributed by atoms with van der Waals surface area (Å²) in [6, 6.07) is 4.54. The van der Waals surface area contributed by atoms with Crippen LogP contribution in [0.2, 0.25) is 0 Å². The molecule has 0 saturated carbocycles. The summed E-state index contributed by atoms with van der Waals surface area (Å²) in [5.41, 5.74) is 7.28. The van der Waals surface area contributed by atoms with Crippen LogP contribution in [0.25, 0.3) is 0 Å². The zero-order chi connectivity index (χ0) is 13.1. The highest BCUT2D eigenvalue weighted by Gasteiger charge is 2.22. The number of pyridine rings is 1. The van der Waals surface area contributed by atoms with E-state index in [2.05, 4.69) is 20.9 Å². The largest absolute Gasteiger partial charge is 0.378 e. The summed E-state index contributed by atoms with van der Waals surface area (Å²) in [5.74, 6) is 1.12. The van der Waals surface area contributed by atoms with Gasteiger partial charge < -0.3 is 15.4 Å². The van der Waals surface area contributed by atoms with Crippen LogP contribution >= 0.6 is 0 Å². The average molecular weight is 262 g/mol. The van der Waals surface area contributed by atoms with Crippen molar-refractivity contribution in [2.24, 2.45) is 5.73 Å². The van der Waals surface area contributed by atoms with Gasteiger partial charge in [0.2, 0.25) is 0 Å². The van der Waals surface area contributed by atoms with Gasteiger partial charge in [-0.1, -0.05) is 6.07 Å². The van der Waals surface area contributed by atoms with E-state index in [4.69, 9.17) is 10.5 Å². The van der Waals surface area contributed by atoms with Crippen molar-refractivity contribution in [3.63, 3.8) is 0 Å². The summed E-state index contributed by atoms with van der Waals surface area (Å²) < 4.78 is 5.41. The second-order valence-electron chi connectivity index (χ2n) is 5.37. The summed E-state index contributed by atoms with van der Waals surface area (Å²) in [7, 11) is 0. The first-order chi connectivity index (χ1) is 9.33. The van der Waals surface area contributed by atoms with Crippen LogP contribution in [0.1, 0.15) is 12.0 Å². The molecule has 0 aliphatic carbocycles. The summed E-state index contributed by atoms with van der Waals surface area (Å²) in [6.07, 6.45) is 2.98. The van der Waals surface area contributed by atoms with Crippen LogP contribution in [-0.4, -0.2) is 55.3 Å². The van der Waals surface area contributed by atoms with Gasteiger partial charge in [-0.05, 0) is 12.5 Å². The molecule has 3 rings (SSSR count). The number of aromatic nitrogens is 1. The highest BCUT2D eigenvalue weighted by Crippen LogP contribution is 2.21. The van der Waals surface area contributed by atoms with Crippen molar-refractivity contribution < 1.29 is 4.74 Å². The highest BCUT2D eigenvalue weighted by atomic mass is 16.5. The molecule has 0 spiro atoms. The fraction of sp³-hybridized carbons (Fsp3) is 0.643. The van der Waals surface area contributed by atoms with Gasteiger partial charge >= 0.3 is 0 Å². The van der Waals surface area contributed by atoms with Crippen LogP contribution in [0.15, 0.2) is 18.3 Å². The molecular formula is C14H22N4O. The molecule has 2 fully saturated rings. The topological polar surface area (TPSA) is 54.6 Å². The van der Waals surface area contributed by atoms with Crippen LogP contribution < -0.4 is 10.6 Å². The molecule has 19 heavy (non-hydrogen) atoms. The predicted molar refractivity (Wildman–Crippen MR) is 75.1 cm³/mol. The fourth-order valence-electron chi connectivity index (χ4n) is 2.86. The van der Waals surface area contributed by atoms with E-state index in [1.807, 2.05) is 12.3 Å². The zero-order valence-electron chi connectivity index (χ0n) is 11.3. The minimum Gasteiger partial charge on any atom is -0.378 e. The van der Waals surface area contributed by atoms with Crippen molar-refractivity contribution in [1.82, 2.24) is 9.88 Å². The van der Waals surface area contributed by atoms with Gasteiger partial charge in [0, 0.05) is 50.5 Å². The Morgan fingerprint density at radius 2 is 2.16 bits per heavy atom. The van der Waals surface area contributed by atoms with Crippen LogP contribution in [0, 0.1) is 0 Å². The third kappa shape index (κ3) is 3.05. The molecule has 1 aromatic rings. The molecule has 2 N–H and O–H groups in total. The van der Waals surface area contributed by atoms with Gasteiger partial charge in [0.25, 0.3) is 0 Å². The number of rotatable bonds is 3. The second-order valence-corrected chi connectivity index (χ2v) is 5.37. The molecule has 0 amide bonds. The van der Waals surface area contributed by atoms with Crippen molar-refractivity contribution in [1.29, 1.82) is 0 Å². The van der Waals surface area contributed by atoms with E-state index >= 15 is 0 Å². The van der Waals surface area contributed by atoms with Crippen molar-refractivity contribution in [3.05, 3.63) is 23.9 Å². The van der Waals surface area contributed by atoms with Gasteiger partial charge in [-0.2, -0.15) is 0 Å². The lowest BCUT2D eigenvalue weighted by atomic mass is 10.2. The maximum absolute atomic E-state index is 5.98. The summed E-state index contributed by atoms with van der Waals surface area (Å²) in [6.45, 7) is 6.51. The fourth-order valence-corrected chi connectivity index (χ4v) is 2.86. The number of hydrogen-bond donors (Lipinski definition) is 1. The third-order valence-electron chi connectivity index (χ3n) is 3.88. The third-order valence-corrected chi connectivity index (χ3v) is 3.88. The number of nitrogens with zero attached hydrogens (tertiary/aromatic N) is 3. The van der Waals surface area contributed by atoms with E-state index in [1.165, 1.54) is 5.56 Å². The lowest BCUT2D eigenvalue weighted by Gasteiger charge is -2.30. The molecule has 104 valence electrons. The van der Waals surface area contributed by atoms with E-state index in [0.717, 1.165) is 58.2 Å². The Morgan fingerprint density at radius 3 is 2.89 bits per heavy atom. The lowest BCUT2D eigenvalue weighted by molar-refractivity contribution is 0.122. The van der Waals surface area contributed by atoms with Crippen LogP contribution in [0.5, 0.6) is 0 Å². The van der Waals surface area contributed by atoms with Crippen LogP contribution in [0.4, 0.5) is 5.82 Å². The Bertz CT molecular complexity index is 420. The van der Waals surface area contributed by atoms with Gasteiger partial charge in [0.15, 0.2) is 0 Å². The summed E-state index contributed by atoms with van der Waals surface area (Å²) >= 11 is 0. The lowest BCUT2D eigenvalue weighted by Crippen LogP contribution is -2.37. The van der Waals surface area contributed by atoms with E-state index in [1.54, 1.807) is 0 Å². The number of morpholine rings is 1. The Morgan fingerprint density at radius 1 is 1.32 bits per heavy atom. The van der Waals surface area contributed by atoms with Crippen LogP contribution in [0.3, 0.4) is 0 Å². The van der Waals surface area contributed by atoms with Gasteiger partial charge in [0.1, 0.15) is 5.82 Å². The van der Waals surface area contributed by atoms with Crippen molar-refractivity contribution in [2.75, 3.05) is 44.3 Å². The Balaban J connectivity index is 1.73. The van der Waals surface area contributed by atoms with E-state index < -0.39 is 0 Å². The Labute approximate surface area is 114 Å². The van der Waals surface area contributed by atoms with Gasteiger partial charge in [-0.15, -0.1) is 0 Å². The number of likely N-dealkylation sites (tertiary alicyclic amines) is 1. The minimum absolute atomic E-state index is 0.337. The number of ether oxygens (including phenoxy) is 1. The standard InChI is InChI=1S/C14H22N4O/c15-13-3-5-17(11-13)10-12-2-1-4-16-14(12)18-6-8-19-9-7-18/h1-2,4,13H,3,5-11,15H2. The molecule has 5 heteroatoms. The molecule has 3 heterocycles. The normalized spacial score (nSPS) is 24.9. The second kappa shape index (κ2) is 5.86. The first kappa shape index (κ1) is 12.8. The average Bonchev–Trinajstić information content (AvgIpc) is 2.86. The molecule has 1 aromatic heterocycles. The maximum atomic E-state index is 5.98. The molecular weight excluding hydrogens is 240 g/mol. The molecule has 0 aromatic carbocycles. The first-order valence-corrected chi connectivity index (χ1v) is 7.07. The van der Waals surface area contributed by atoms with Gasteiger partial charge in [-0.25, -0.2) is 4.98 Å². The molecule has 2 saturated heterocycles. The van der Waals surface area contributed by atoms with Crippen molar-refractivity contribution in [3.8, 4) is 0 Å². The number of hydrogen-bond acceptors (Lipinski definition) is 5. The molecule has 1 atom stereocenters. The SMILES string of the molecule is NC1CCN(Cc2cccnc2N2CCOCC2)C1. The van der Waals surface area contributed by atoms with E-state index in [9.17, 15) is 0 Å². The quantitative estimate of drug-likeness (QED) is 0.857. The molecule has 2 aliphatic rings. The van der Waals surface area contributed by atoms with Gasteiger partial charge in [-0.3, -0.25) is 4.90 Å². The monoisotopic (exact) mass is 262 g/mol. The van der Waals surface area contributed by atoms with Crippen LogP contribution in [-0.2, 0) is 11.3 Å².